The number of piperidine rings is 1. The van der Waals surface area contributed by atoms with E-state index in [4.69, 9.17) is 0 Å². The molecule has 1 aromatic carbocycles. The van der Waals surface area contributed by atoms with Crippen molar-refractivity contribution in [3.8, 4) is 0 Å². The van der Waals surface area contributed by atoms with Crippen LogP contribution in [0.4, 0.5) is 0 Å². The zero-order valence-corrected chi connectivity index (χ0v) is 13.3. The van der Waals surface area contributed by atoms with Crippen LogP contribution < -0.4 is 5.32 Å². The second kappa shape index (κ2) is 6.80. The minimum atomic E-state index is -0.268. The van der Waals surface area contributed by atoms with Gasteiger partial charge in [-0.05, 0) is 37.5 Å². The van der Waals surface area contributed by atoms with Crippen molar-refractivity contribution >= 4 is 33.5 Å². The van der Waals surface area contributed by atoms with Crippen LogP contribution in [0, 0.1) is 5.92 Å². The van der Waals surface area contributed by atoms with Crippen molar-refractivity contribution in [3.63, 3.8) is 0 Å². The van der Waals surface area contributed by atoms with Gasteiger partial charge in [0, 0.05) is 16.5 Å². The number of hydrogen-bond acceptors (Lipinski definition) is 3. The molecule has 0 aliphatic carbocycles. The summed E-state index contributed by atoms with van der Waals surface area (Å²) in [6.07, 6.45) is 5.18. The maximum Gasteiger partial charge on any atom is 0.233 e. The van der Waals surface area contributed by atoms with Crippen LogP contribution in [-0.4, -0.2) is 17.6 Å². The van der Waals surface area contributed by atoms with Crippen molar-refractivity contribution in [1.82, 2.24) is 5.32 Å². The van der Waals surface area contributed by atoms with Crippen LogP contribution in [0.25, 0.3) is 0 Å². The highest BCUT2D eigenvalue weighted by Crippen LogP contribution is 2.19. The third kappa shape index (κ3) is 4.11. The number of rotatable bonds is 4. The van der Waals surface area contributed by atoms with E-state index in [0.29, 0.717) is 24.8 Å². The number of Topliss-reactive ketones (excluding diaryl/α,β-unsaturated/α-hetero) is 1. The third-order valence-corrected chi connectivity index (χ3v) is 3.93. The fourth-order valence-corrected chi connectivity index (χ4v) is 2.74. The summed E-state index contributed by atoms with van der Waals surface area (Å²) in [4.78, 5) is 34.3. The quantitative estimate of drug-likeness (QED) is 0.516. The van der Waals surface area contributed by atoms with Gasteiger partial charge < -0.3 is 0 Å². The Bertz CT molecular complexity index is 622. The molecule has 0 spiro atoms. The zero-order chi connectivity index (χ0) is 15.4. The molecule has 1 aliphatic heterocycles. The molecule has 1 aliphatic rings. The van der Waals surface area contributed by atoms with Gasteiger partial charge in [0.2, 0.25) is 11.8 Å². The van der Waals surface area contributed by atoms with Crippen LogP contribution in [0.5, 0.6) is 0 Å². The molecule has 0 saturated carbocycles. The minimum absolute atomic E-state index is 0.0203. The van der Waals surface area contributed by atoms with Crippen molar-refractivity contribution in [2.45, 2.75) is 26.2 Å². The van der Waals surface area contributed by atoms with Gasteiger partial charge in [-0.25, -0.2) is 0 Å². The van der Waals surface area contributed by atoms with Crippen molar-refractivity contribution < 1.29 is 14.4 Å². The number of carbonyl (C=O) groups is 3. The van der Waals surface area contributed by atoms with Gasteiger partial charge in [0.05, 0.1) is 5.92 Å². The third-order valence-electron chi connectivity index (χ3n) is 3.43. The molecule has 1 N–H and O–H groups in total. The van der Waals surface area contributed by atoms with Gasteiger partial charge >= 0.3 is 0 Å². The first-order valence-corrected chi connectivity index (χ1v) is 7.56. The lowest BCUT2D eigenvalue weighted by Crippen LogP contribution is -2.39. The summed E-state index contributed by atoms with van der Waals surface area (Å²) in [6, 6.07) is 5.54. The first-order valence-electron chi connectivity index (χ1n) is 6.77. The number of carbonyl (C=O) groups excluding carboxylic acids is 3. The second-order valence-electron chi connectivity index (χ2n) is 5.05. The number of allylic oxidation sites excluding steroid dienone is 1. The van der Waals surface area contributed by atoms with Gasteiger partial charge in [0.25, 0.3) is 0 Å². The summed E-state index contributed by atoms with van der Waals surface area (Å²) in [7, 11) is 0. The Morgan fingerprint density at radius 2 is 2.19 bits per heavy atom. The van der Waals surface area contributed by atoms with Crippen LogP contribution in [-0.2, 0) is 16.0 Å². The number of imide groups is 1. The number of halogens is 1. The van der Waals surface area contributed by atoms with E-state index in [0.717, 1.165) is 10.0 Å². The summed E-state index contributed by atoms with van der Waals surface area (Å²) >= 11 is 3.39. The molecule has 1 heterocycles. The molecule has 1 unspecified atom stereocenters. The van der Waals surface area contributed by atoms with Gasteiger partial charge in [-0.2, -0.15) is 0 Å². The SMILES string of the molecule is CC(=O)c1ccc(Br)cc1C/C=C/C1CCC(=O)NC1=O. The number of amides is 2. The summed E-state index contributed by atoms with van der Waals surface area (Å²) in [5.74, 6) is -0.707. The van der Waals surface area contributed by atoms with E-state index in [2.05, 4.69) is 21.2 Å². The topological polar surface area (TPSA) is 63.2 Å². The lowest BCUT2D eigenvalue weighted by molar-refractivity contribution is -0.135. The van der Waals surface area contributed by atoms with Gasteiger partial charge in [-0.1, -0.05) is 34.1 Å². The normalized spacial score (nSPS) is 18.9. The molecule has 1 atom stereocenters. The number of nitrogens with one attached hydrogen (secondary N) is 1. The van der Waals surface area contributed by atoms with Crippen LogP contribution >= 0.6 is 15.9 Å². The highest BCUT2D eigenvalue weighted by atomic mass is 79.9. The molecule has 1 fully saturated rings. The lowest BCUT2D eigenvalue weighted by Gasteiger charge is -2.17. The van der Waals surface area contributed by atoms with Gasteiger partial charge in [0.15, 0.2) is 5.78 Å². The maximum absolute atomic E-state index is 11.6. The Labute approximate surface area is 131 Å². The molecular weight excluding hydrogens is 334 g/mol. The Hall–Kier alpha value is -1.75. The first-order chi connectivity index (χ1) is 9.97. The van der Waals surface area contributed by atoms with E-state index >= 15 is 0 Å². The lowest BCUT2D eigenvalue weighted by atomic mass is 9.96. The van der Waals surface area contributed by atoms with E-state index in [-0.39, 0.29) is 23.5 Å². The Morgan fingerprint density at radius 1 is 1.43 bits per heavy atom. The molecule has 4 nitrogen and oxygen atoms in total. The fourth-order valence-electron chi connectivity index (χ4n) is 2.33. The van der Waals surface area contributed by atoms with E-state index in [9.17, 15) is 14.4 Å². The standard InChI is InChI=1S/C16H16BrNO3/c1-10(19)14-7-6-13(17)9-12(14)4-2-3-11-5-8-15(20)18-16(11)21/h2-3,6-7,9,11H,4-5,8H2,1H3,(H,18,20,21)/b3-2+. The smallest absolute Gasteiger partial charge is 0.233 e. The number of benzene rings is 1. The van der Waals surface area contributed by atoms with E-state index in [1.54, 1.807) is 6.07 Å². The van der Waals surface area contributed by atoms with Gasteiger partial charge in [-0.3, -0.25) is 19.7 Å². The molecular formula is C16H16BrNO3. The molecule has 0 bridgehead atoms. The van der Waals surface area contributed by atoms with Crippen molar-refractivity contribution in [2.75, 3.05) is 0 Å². The fraction of sp³-hybridized carbons (Fsp3) is 0.312. The molecule has 5 heteroatoms. The Morgan fingerprint density at radius 3 is 2.86 bits per heavy atom. The van der Waals surface area contributed by atoms with Gasteiger partial charge in [0.1, 0.15) is 0 Å². The Balaban J connectivity index is 2.07. The summed E-state index contributed by atoms with van der Waals surface area (Å²) < 4.78 is 0.914. The summed E-state index contributed by atoms with van der Waals surface area (Å²) in [6.45, 7) is 1.54. The monoisotopic (exact) mass is 349 g/mol. The van der Waals surface area contributed by atoms with Crippen molar-refractivity contribution in [1.29, 1.82) is 0 Å². The van der Waals surface area contributed by atoms with Crippen LogP contribution in [0.2, 0.25) is 0 Å². The van der Waals surface area contributed by atoms with Crippen molar-refractivity contribution in [3.05, 3.63) is 46.0 Å². The second-order valence-corrected chi connectivity index (χ2v) is 5.96. The van der Waals surface area contributed by atoms with Gasteiger partial charge in [-0.15, -0.1) is 0 Å². The average Bonchev–Trinajstić information content (AvgIpc) is 2.41. The Kier molecular flexibility index (Phi) is 5.07. The highest BCUT2D eigenvalue weighted by molar-refractivity contribution is 9.10. The average molecular weight is 350 g/mol. The summed E-state index contributed by atoms with van der Waals surface area (Å²) in [5.41, 5.74) is 1.60. The molecule has 0 aromatic heterocycles. The maximum atomic E-state index is 11.6. The van der Waals surface area contributed by atoms with Crippen LogP contribution in [0.1, 0.15) is 35.7 Å². The largest absolute Gasteiger partial charge is 0.296 e. The molecule has 2 amide bonds. The van der Waals surface area contributed by atoms with Crippen LogP contribution in [0.3, 0.4) is 0 Å². The molecule has 110 valence electrons. The van der Waals surface area contributed by atoms with E-state index in [1.807, 2.05) is 24.3 Å². The highest BCUT2D eigenvalue weighted by Gasteiger charge is 2.23. The molecule has 1 saturated heterocycles. The predicted octanol–water partition coefficient (Wildman–Crippen LogP) is 2.80. The molecule has 21 heavy (non-hydrogen) atoms. The van der Waals surface area contributed by atoms with Crippen molar-refractivity contribution in [2.24, 2.45) is 5.92 Å². The van der Waals surface area contributed by atoms with Crippen LogP contribution in [0.15, 0.2) is 34.8 Å². The molecule has 0 radical (unpaired) electrons. The molecule has 2 rings (SSSR count). The summed E-state index contributed by atoms with van der Waals surface area (Å²) in [5, 5.41) is 2.33. The predicted molar refractivity (Wildman–Crippen MR) is 82.9 cm³/mol. The number of ketones is 1. The minimum Gasteiger partial charge on any atom is -0.296 e. The van der Waals surface area contributed by atoms with E-state index in [1.165, 1.54) is 6.92 Å². The zero-order valence-electron chi connectivity index (χ0n) is 11.7. The number of hydrogen-bond donors (Lipinski definition) is 1. The van der Waals surface area contributed by atoms with E-state index < -0.39 is 0 Å². The first kappa shape index (κ1) is 15.6. The molecule has 1 aromatic rings.